The molecule has 1 saturated heterocycles. The Morgan fingerprint density at radius 2 is 1.74 bits per heavy atom. The van der Waals surface area contributed by atoms with Crippen molar-refractivity contribution in [2.45, 2.75) is 39.8 Å². The van der Waals surface area contributed by atoms with E-state index >= 15 is 0 Å². The number of hydrogen-bond acceptors (Lipinski definition) is 3. The standard InChI is InChI=1S/C19H25F3N2O3/c1-18(2,3)17(26)24-10-8-13(9-11-24)16(25)23-14-6-4-5-7-15(14)27-12-19(20,21)22/h4-7,13H,8-12H2,1-3H3,(H,23,25). The summed E-state index contributed by atoms with van der Waals surface area (Å²) in [4.78, 5) is 26.6. The Labute approximate surface area is 156 Å². The molecule has 1 aliphatic heterocycles. The fraction of sp³-hybridized carbons (Fsp3) is 0.579. The fourth-order valence-electron chi connectivity index (χ4n) is 2.91. The summed E-state index contributed by atoms with van der Waals surface area (Å²) < 4.78 is 41.9. The van der Waals surface area contributed by atoms with Crippen LogP contribution in [-0.2, 0) is 9.59 Å². The maximum Gasteiger partial charge on any atom is 0.422 e. The second-order valence-corrected chi connectivity index (χ2v) is 7.71. The van der Waals surface area contributed by atoms with Crippen molar-refractivity contribution in [2.75, 3.05) is 25.0 Å². The lowest BCUT2D eigenvalue weighted by atomic mass is 9.90. The second kappa shape index (κ2) is 8.19. The maximum absolute atomic E-state index is 12.5. The number of halogens is 3. The van der Waals surface area contributed by atoms with Gasteiger partial charge in [-0.15, -0.1) is 0 Å². The maximum atomic E-state index is 12.5. The molecule has 150 valence electrons. The summed E-state index contributed by atoms with van der Waals surface area (Å²) >= 11 is 0. The summed E-state index contributed by atoms with van der Waals surface area (Å²) in [5.41, 5.74) is -0.260. The first kappa shape index (κ1) is 21.1. The summed E-state index contributed by atoms with van der Waals surface area (Å²) in [6.45, 7) is 5.11. The van der Waals surface area contributed by atoms with E-state index < -0.39 is 18.2 Å². The van der Waals surface area contributed by atoms with Crippen molar-refractivity contribution >= 4 is 17.5 Å². The first-order chi connectivity index (χ1) is 12.5. The highest BCUT2D eigenvalue weighted by Gasteiger charge is 2.33. The van der Waals surface area contributed by atoms with Crippen molar-refractivity contribution in [1.82, 2.24) is 4.90 Å². The van der Waals surface area contributed by atoms with Crippen LogP contribution in [0.2, 0.25) is 0 Å². The van der Waals surface area contributed by atoms with Crippen molar-refractivity contribution in [3.63, 3.8) is 0 Å². The number of benzene rings is 1. The van der Waals surface area contributed by atoms with Crippen LogP contribution < -0.4 is 10.1 Å². The molecule has 0 spiro atoms. The Bertz CT molecular complexity index is 676. The minimum absolute atomic E-state index is 0.0245. The number of likely N-dealkylation sites (tertiary alicyclic amines) is 1. The zero-order valence-corrected chi connectivity index (χ0v) is 15.7. The number of alkyl halides is 3. The number of ether oxygens (including phenoxy) is 1. The fourth-order valence-corrected chi connectivity index (χ4v) is 2.91. The highest BCUT2D eigenvalue weighted by Crippen LogP contribution is 2.29. The number of amides is 2. The molecule has 2 rings (SSSR count). The topological polar surface area (TPSA) is 58.6 Å². The largest absolute Gasteiger partial charge is 0.482 e. The second-order valence-electron chi connectivity index (χ2n) is 7.71. The van der Waals surface area contributed by atoms with Crippen LogP contribution >= 0.6 is 0 Å². The summed E-state index contributed by atoms with van der Waals surface area (Å²) in [5, 5.41) is 2.66. The first-order valence-electron chi connectivity index (χ1n) is 8.86. The molecule has 1 fully saturated rings. The molecule has 0 aromatic heterocycles. The van der Waals surface area contributed by atoms with Gasteiger partial charge in [-0.25, -0.2) is 0 Å². The number of nitrogens with zero attached hydrogens (tertiary/aromatic N) is 1. The lowest BCUT2D eigenvalue weighted by Crippen LogP contribution is -2.45. The van der Waals surface area contributed by atoms with Crippen LogP contribution in [0.1, 0.15) is 33.6 Å². The summed E-state index contributed by atoms with van der Waals surface area (Å²) in [5.74, 6) is -0.554. The van der Waals surface area contributed by atoms with Crippen molar-refractivity contribution in [1.29, 1.82) is 0 Å². The van der Waals surface area contributed by atoms with Gasteiger partial charge in [-0.2, -0.15) is 13.2 Å². The van der Waals surface area contributed by atoms with Crippen LogP contribution in [0.15, 0.2) is 24.3 Å². The molecule has 2 amide bonds. The predicted molar refractivity (Wildman–Crippen MR) is 95.4 cm³/mol. The van der Waals surface area contributed by atoms with Gasteiger partial charge in [-0.05, 0) is 25.0 Å². The number of nitrogens with one attached hydrogen (secondary N) is 1. The minimum atomic E-state index is -4.45. The van der Waals surface area contributed by atoms with Gasteiger partial charge in [0.15, 0.2) is 6.61 Å². The van der Waals surface area contributed by atoms with Gasteiger partial charge in [-0.3, -0.25) is 9.59 Å². The van der Waals surface area contributed by atoms with E-state index in [9.17, 15) is 22.8 Å². The molecule has 0 atom stereocenters. The zero-order chi connectivity index (χ0) is 20.2. The lowest BCUT2D eigenvalue weighted by molar-refractivity contribution is -0.153. The third kappa shape index (κ3) is 6.15. The van der Waals surface area contributed by atoms with E-state index in [0.29, 0.717) is 25.9 Å². The van der Waals surface area contributed by atoms with Crippen LogP contribution in [0.5, 0.6) is 5.75 Å². The molecule has 0 bridgehead atoms. The number of carbonyl (C=O) groups is 2. The molecule has 0 saturated carbocycles. The molecule has 8 heteroatoms. The van der Waals surface area contributed by atoms with Crippen LogP contribution in [0, 0.1) is 11.3 Å². The molecule has 1 aliphatic rings. The average molecular weight is 386 g/mol. The zero-order valence-electron chi connectivity index (χ0n) is 15.7. The molecule has 1 aromatic rings. The van der Waals surface area contributed by atoms with E-state index in [-0.39, 0.29) is 29.2 Å². The molecule has 5 nitrogen and oxygen atoms in total. The van der Waals surface area contributed by atoms with Crippen LogP contribution in [-0.4, -0.2) is 42.6 Å². The van der Waals surface area contributed by atoms with E-state index in [4.69, 9.17) is 4.74 Å². The number of para-hydroxylation sites is 2. The van der Waals surface area contributed by atoms with E-state index in [0.717, 1.165) is 0 Å². The van der Waals surface area contributed by atoms with Gasteiger partial charge in [-0.1, -0.05) is 32.9 Å². The first-order valence-corrected chi connectivity index (χ1v) is 8.86. The van der Waals surface area contributed by atoms with Crippen molar-refractivity contribution < 1.29 is 27.5 Å². The quantitative estimate of drug-likeness (QED) is 0.855. The normalized spacial score (nSPS) is 16.1. The Balaban J connectivity index is 1.94. The summed E-state index contributed by atoms with van der Waals surface area (Å²) in [6.07, 6.45) is -3.43. The van der Waals surface area contributed by atoms with E-state index in [1.54, 1.807) is 11.0 Å². The average Bonchev–Trinajstić information content (AvgIpc) is 2.59. The molecule has 0 unspecified atom stereocenters. The van der Waals surface area contributed by atoms with Crippen molar-refractivity contribution in [3.05, 3.63) is 24.3 Å². The van der Waals surface area contributed by atoms with Gasteiger partial charge >= 0.3 is 6.18 Å². The number of anilines is 1. The van der Waals surface area contributed by atoms with Gasteiger partial charge in [0, 0.05) is 24.4 Å². The van der Waals surface area contributed by atoms with Gasteiger partial charge < -0.3 is 15.0 Å². The molecule has 1 aromatic carbocycles. The predicted octanol–water partition coefficient (Wildman–Crippen LogP) is 3.85. The Morgan fingerprint density at radius 3 is 2.30 bits per heavy atom. The van der Waals surface area contributed by atoms with Crippen molar-refractivity contribution in [3.8, 4) is 5.75 Å². The van der Waals surface area contributed by atoms with E-state index in [1.165, 1.54) is 18.2 Å². The number of rotatable bonds is 4. The van der Waals surface area contributed by atoms with Gasteiger partial charge in [0.1, 0.15) is 5.75 Å². The highest BCUT2D eigenvalue weighted by atomic mass is 19.4. The molecule has 1 N–H and O–H groups in total. The van der Waals surface area contributed by atoms with Crippen LogP contribution in [0.4, 0.5) is 18.9 Å². The van der Waals surface area contributed by atoms with Gasteiger partial charge in [0.25, 0.3) is 0 Å². The van der Waals surface area contributed by atoms with Crippen molar-refractivity contribution in [2.24, 2.45) is 11.3 Å². The molecule has 1 heterocycles. The number of hydrogen-bond donors (Lipinski definition) is 1. The van der Waals surface area contributed by atoms with Gasteiger partial charge in [0.2, 0.25) is 11.8 Å². The Hall–Kier alpha value is -2.25. The minimum Gasteiger partial charge on any atom is -0.482 e. The summed E-state index contributed by atoms with van der Waals surface area (Å²) in [7, 11) is 0. The monoisotopic (exact) mass is 386 g/mol. The number of piperidine rings is 1. The van der Waals surface area contributed by atoms with E-state index in [1.807, 2.05) is 20.8 Å². The highest BCUT2D eigenvalue weighted by molar-refractivity contribution is 5.94. The molecular formula is C19H25F3N2O3. The van der Waals surface area contributed by atoms with Crippen LogP contribution in [0.25, 0.3) is 0 Å². The smallest absolute Gasteiger partial charge is 0.422 e. The van der Waals surface area contributed by atoms with E-state index in [2.05, 4.69) is 5.32 Å². The summed E-state index contributed by atoms with van der Waals surface area (Å²) in [6, 6.07) is 6.03. The van der Waals surface area contributed by atoms with Gasteiger partial charge in [0.05, 0.1) is 5.69 Å². The molecular weight excluding hydrogens is 361 g/mol. The molecule has 0 aliphatic carbocycles. The molecule has 27 heavy (non-hydrogen) atoms. The Kier molecular flexibility index (Phi) is 6.38. The Morgan fingerprint density at radius 1 is 1.15 bits per heavy atom. The molecule has 0 radical (unpaired) electrons. The van der Waals surface area contributed by atoms with Crippen LogP contribution in [0.3, 0.4) is 0 Å². The third-order valence-electron chi connectivity index (χ3n) is 4.33. The lowest BCUT2D eigenvalue weighted by Gasteiger charge is -2.35. The third-order valence-corrected chi connectivity index (χ3v) is 4.33. The number of carbonyl (C=O) groups excluding carboxylic acids is 2. The SMILES string of the molecule is CC(C)(C)C(=O)N1CCC(C(=O)Nc2ccccc2OCC(F)(F)F)CC1.